The maximum absolute atomic E-state index is 12.7. The number of nitrogens with zero attached hydrogens (tertiary/aromatic N) is 1. The number of benzene rings is 2. The average molecular weight is 423 g/mol. The van der Waals surface area contributed by atoms with Crippen molar-refractivity contribution in [2.75, 3.05) is 13.1 Å². The van der Waals surface area contributed by atoms with Gasteiger partial charge < -0.3 is 5.32 Å². The zero-order valence-corrected chi connectivity index (χ0v) is 18.1. The molecule has 0 fully saturated rings. The summed E-state index contributed by atoms with van der Waals surface area (Å²) in [6.45, 7) is 6.20. The van der Waals surface area contributed by atoms with Gasteiger partial charge in [-0.2, -0.15) is 4.31 Å². The first kappa shape index (κ1) is 22.4. The van der Waals surface area contributed by atoms with Crippen LogP contribution in [-0.4, -0.2) is 37.8 Å². The van der Waals surface area contributed by atoms with Crippen LogP contribution < -0.4 is 5.32 Å². The number of sulfonamides is 1. The van der Waals surface area contributed by atoms with E-state index in [2.05, 4.69) is 5.32 Å². The lowest BCUT2D eigenvalue weighted by Gasteiger charge is -2.19. The molecule has 2 aromatic rings. The molecule has 0 aliphatic carbocycles. The molecule has 0 saturated carbocycles. The predicted octanol–water partition coefficient (Wildman–Crippen LogP) is 4.12. The molecule has 5 nitrogen and oxygen atoms in total. The van der Waals surface area contributed by atoms with Crippen molar-refractivity contribution in [2.45, 2.75) is 44.6 Å². The molecule has 0 radical (unpaired) electrons. The highest BCUT2D eigenvalue weighted by atomic mass is 35.5. The largest absolute Gasteiger partial charge is 0.350 e. The van der Waals surface area contributed by atoms with Gasteiger partial charge in [0.1, 0.15) is 0 Å². The molecular weight excluding hydrogens is 396 g/mol. The molecule has 1 N–H and O–H groups in total. The van der Waals surface area contributed by atoms with E-state index >= 15 is 0 Å². The molecule has 1 atom stereocenters. The van der Waals surface area contributed by atoms with E-state index < -0.39 is 10.0 Å². The van der Waals surface area contributed by atoms with Crippen molar-refractivity contribution < 1.29 is 13.2 Å². The van der Waals surface area contributed by atoms with Crippen molar-refractivity contribution >= 4 is 27.5 Å². The third-order valence-corrected chi connectivity index (χ3v) is 6.99. The Morgan fingerprint density at radius 1 is 1.11 bits per heavy atom. The molecule has 0 aliphatic rings. The van der Waals surface area contributed by atoms with Crippen molar-refractivity contribution in [3.05, 3.63) is 64.7 Å². The SMILES string of the molecule is CCN(CC)S(=O)(=O)c1ccc(Cl)c(C(=O)N[C@H](C)CCc2ccccc2)c1. The number of rotatable bonds is 9. The molecule has 0 bridgehead atoms. The minimum atomic E-state index is -3.65. The van der Waals surface area contributed by atoms with E-state index in [4.69, 9.17) is 11.6 Å². The maximum Gasteiger partial charge on any atom is 0.253 e. The number of nitrogens with one attached hydrogen (secondary N) is 1. The summed E-state index contributed by atoms with van der Waals surface area (Å²) in [5.41, 5.74) is 1.37. The van der Waals surface area contributed by atoms with Crippen molar-refractivity contribution in [1.82, 2.24) is 9.62 Å². The quantitative estimate of drug-likeness (QED) is 0.660. The Kier molecular flexibility index (Phi) is 8.04. The monoisotopic (exact) mass is 422 g/mol. The Bertz CT molecular complexity index is 897. The molecule has 2 aromatic carbocycles. The first-order chi connectivity index (χ1) is 13.3. The third-order valence-electron chi connectivity index (χ3n) is 4.61. The van der Waals surface area contributed by atoms with E-state index in [9.17, 15) is 13.2 Å². The van der Waals surface area contributed by atoms with Gasteiger partial charge in [0.25, 0.3) is 5.91 Å². The lowest BCUT2D eigenvalue weighted by Crippen LogP contribution is -2.34. The Balaban J connectivity index is 2.12. The number of carbonyl (C=O) groups excluding carboxylic acids is 1. The summed E-state index contributed by atoms with van der Waals surface area (Å²) in [6, 6.07) is 14.2. The van der Waals surface area contributed by atoms with Crippen LogP contribution in [0.25, 0.3) is 0 Å². The van der Waals surface area contributed by atoms with Gasteiger partial charge in [-0.3, -0.25) is 4.79 Å². The maximum atomic E-state index is 12.7. The van der Waals surface area contributed by atoms with E-state index in [1.54, 1.807) is 13.8 Å². The summed E-state index contributed by atoms with van der Waals surface area (Å²) in [5, 5.41) is 3.14. The van der Waals surface area contributed by atoms with E-state index in [1.807, 2.05) is 37.3 Å². The van der Waals surface area contributed by atoms with Gasteiger partial charge >= 0.3 is 0 Å². The molecule has 0 saturated heterocycles. The fourth-order valence-corrected chi connectivity index (χ4v) is 4.64. The van der Waals surface area contributed by atoms with Crippen LogP contribution in [0.4, 0.5) is 0 Å². The van der Waals surface area contributed by atoms with Crippen molar-refractivity contribution in [2.24, 2.45) is 0 Å². The summed E-state index contributed by atoms with van der Waals surface area (Å²) in [5.74, 6) is -0.373. The molecule has 1 amide bonds. The molecule has 0 aliphatic heterocycles. The number of hydrogen-bond donors (Lipinski definition) is 1. The van der Waals surface area contributed by atoms with Gasteiger partial charge in [0, 0.05) is 19.1 Å². The molecular formula is C21H27ClN2O3S. The molecule has 0 spiro atoms. The van der Waals surface area contributed by atoms with Crippen LogP contribution in [0.15, 0.2) is 53.4 Å². The van der Waals surface area contributed by atoms with E-state index in [-0.39, 0.29) is 27.4 Å². The molecule has 0 unspecified atom stereocenters. The van der Waals surface area contributed by atoms with Crippen LogP contribution >= 0.6 is 11.6 Å². The lowest BCUT2D eigenvalue weighted by atomic mass is 10.1. The van der Waals surface area contributed by atoms with Crippen LogP contribution in [0, 0.1) is 0 Å². The second-order valence-electron chi connectivity index (χ2n) is 6.63. The normalized spacial score (nSPS) is 12.8. The predicted molar refractivity (Wildman–Crippen MR) is 113 cm³/mol. The number of halogens is 1. The highest BCUT2D eigenvalue weighted by Crippen LogP contribution is 2.23. The highest BCUT2D eigenvalue weighted by Gasteiger charge is 2.24. The van der Waals surface area contributed by atoms with E-state index in [0.717, 1.165) is 12.8 Å². The van der Waals surface area contributed by atoms with Crippen molar-refractivity contribution in [1.29, 1.82) is 0 Å². The number of amides is 1. The van der Waals surface area contributed by atoms with Gasteiger partial charge in [0.05, 0.1) is 15.5 Å². The minimum absolute atomic E-state index is 0.0719. The fraction of sp³-hybridized carbons (Fsp3) is 0.381. The van der Waals surface area contributed by atoms with Gasteiger partial charge in [-0.1, -0.05) is 55.8 Å². The molecule has 7 heteroatoms. The summed E-state index contributed by atoms with van der Waals surface area (Å²) in [7, 11) is -3.65. The number of carbonyl (C=O) groups is 1. The molecule has 152 valence electrons. The van der Waals surface area contributed by atoms with Gasteiger partial charge in [0.2, 0.25) is 10.0 Å². The Morgan fingerprint density at radius 2 is 1.75 bits per heavy atom. The summed E-state index contributed by atoms with van der Waals surface area (Å²) in [6.07, 6.45) is 1.61. The lowest BCUT2D eigenvalue weighted by molar-refractivity contribution is 0.0938. The van der Waals surface area contributed by atoms with Crippen LogP contribution in [-0.2, 0) is 16.4 Å². The van der Waals surface area contributed by atoms with E-state index in [0.29, 0.717) is 13.1 Å². The smallest absolute Gasteiger partial charge is 0.253 e. The van der Waals surface area contributed by atoms with Gasteiger partial charge in [-0.25, -0.2) is 8.42 Å². The highest BCUT2D eigenvalue weighted by molar-refractivity contribution is 7.89. The summed E-state index contributed by atoms with van der Waals surface area (Å²) in [4.78, 5) is 12.7. The van der Waals surface area contributed by atoms with Gasteiger partial charge in [-0.15, -0.1) is 0 Å². The van der Waals surface area contributed by atoms with Crippen molar-refractivity contribution in [3.8, 4) is 0 Å². The minimum Gasteiger partial charge on any atom is -0.350 e. The standard InChI is InChI=1S/C21H27ClN2O3S/c1-4-24(5-2)28(26,27)18-13-14-20(22)19(15-18)21(25)23-16(3)11-12-17-9-7-6-8-10-17/h6-10,13-16H,4-5,11-12H2,1-3H3,(H,23,25)/t16-/m1/s1. The fourth-order valence-electron chi connectivity index (χ4n) is 2.95. The first-order valence-corrected chi connectivity index (χ1v) is 11.3. The van der Waals surface area contributed by atoms with Gasteiger partial charge in [-0.05, 0) is 43.5 Å². The Morgan fingerprint density at radius 3 is 2.36 bits per heavy atom. The van der Waals surface area contributed by atoms with E-state index in [1.165, 1.54) is 28.1 Å². The summed E-state index contributed by atoms with van der Waals surface area (Å²) < 4.78 is 26.8. The Hall–Kier alpha value is -1.89. The first-order valence-electron chi connectivity index (χ1n) is 9.44. The number of aryl methyl sites for hydroxylation is 1. The van der Waals surface area contributed by atoms with Crippen LogP contribution in [0.1, 0.15) is 43.1 Å². The zero-order chi connectivity index (χ0) is 20.7. The average Bonchev–Trinajstić information content (AvgIpc) is 2.68. The molecule has 0 heterocycles. The van der Waals surface area contributed by atoms with Gasteiger partial charge in [0.15, 0.2) is 0 Å². The van der Waals surface area contributed by atoms with Crippen LogP contribution in [0.3, 0.4) is 0 Å². The van der Waals surface area contributed by atoms with Crippen LogP contribution in [0.5, 0.6) is 0 Å². The zero-order valence-electron chi connectivity index (χ0n) is 16.5. The topological polar surface area (TPSA) is 66.5 Å². The molecule has 0 aromatic heterocycles. The third kappa shape index (κ3) is 5.56. The van der Waals surface area contributed by atoms with Crippen LogP contribution in [0.2, 0.25) is 5.02 Å². The second kappa shape index (κ2) is 10.0. The molecule has 2 rings (SSSR count). The summed E-state index contributed by atoms with van der Waals surface area (Å²) >= 11 is 6.18. The second-order valence-corrected chi connectivity index (χ2v) is 8.97. The number of hydrogen-bond acceptors (Lipinski definition) is 3. The Labute approximate surface area is 172 Å². The van der Waals surface area contributed by atoms with Crippen molar-refractivity contribution in [3.63, 3.8) is 0 Å². The molecule has 28 heavy (non-hydrogen) atoms.